The molecule has 0 aromatic heterocycles. The molecule has 36 heavy (non-hydrogen) atoms. The van der Waals surface area contributed by atoms with E-state index < -0.39 is 14.0 Å². The summed E-state index contributed by atoms with van der Waals surface area (Å²) in [5, 5.41) is 11.2. The molecular formula is C30H45O5P. The molecule has 1 unspecified atom stereocenters. The van der Waals surface area contributed by atoms with Gasteiger partial charge in [-0.05, 0) is 62.1 Å². The Hall–Kier alpha value is -1.94. The van der Waals surface area contributed by atoms with Crippen molar-refractivity contribution in [2.24, 2.45) is 0 Å². The van der Waals surface area contributed by atoms with Crippen LogP contribution in [-0.4, -0.2) is 29.9 Å². The maximum absolute atomic E-state index is 13.4. The fourth-order valence-electron chi connectivity index (χ4n) is 4.21. The van der Waals surface area contributed by atoms with Crippen LogP contribution < -0.4 is 4.74 Å². The van der Waals surface area contributed by atoms with Crippen molar-refractivity contribution in [2.45, 2.75) is 99.1 Å². The lowest BCUT2D eigenvalue weighted by Gasteiger charge is -2.27. The first kappa shape index (κ1) is 30.3. The molecule has 0 spiro atoms. The molecule has 0 saturated carbocycles. The predicted octanol–water partition coefficient (Wildman–Crippen LogP) is 7.87. The third-order valence-electron chi connectivity index (χ3n) is 6.01. The molecule has 2 rings (SSSR count). The number of phenols is 1. The number of carbonyl (C=O) groups is 1. The number of aromatic hydroxyl groups is 1. The maximum atomic E-state index is 13.4. The van der Waals surface area contributed by atoms with E-state index in [1.54, 1.807) is 6.92 Å². The molecule has 0 fully saturated rings. The highest BCUT2D eigenvalue weighted by Crippen LogP contribution is 2.45. The highest BCUT2D eigenvalue weighted by Gasteiger charge is 2.31. The molecule has 0 aliphatic heterocycles. The summed E-state index contributed by atoms with van der Waals surface area (Å²) in [6.07, 6.45) is 0.448. The molecular weight excluding hydrogens is 471 g/mol. The van der Waals surface area contributed by atoms with E-state index >= 15 is 0 Å². The number of hydrogen-bond donors (Lipinski definition) is 1. The standard InChI is InChI=1S/C30H45O5P/c1-12-33-36(34-13-2)21(5)28(32)35-27-23(15-20(4)17-25(27)30(9,10)11)18-22-14-19(3)16-24(26(22)31)29(6,7)8/h14-17,21,31H,12-13,18H2,1-11H3. The largest absolute Gasteiger partial charge is 0.507 e. The van der Waals surface area contributed by atoms with Crippen LogP contribution in [-0.2, 0) is 31.1 Å². The van der Waals surface area contributed by atoms with Crippen LogP contribution in [0.3, 0.4) is 0 Å². The minimum atomic E-state index is -1.40. The Kier molecular flexibility index (Phi) is 10.2. The first-order valence-electron chi connectivity index (χ1n) is 12.8. The van der Waals surface area contributed by atoms with Crippen LogP contribution in [0.5, 0.6) is 11.5 Å². The van der Waals surface area contributed by atoms with Crippen molar-refractivity contribution in [3.05, 3.63) is 57.6 Å². The zero-order valence-electron chi connectivity index (χ0n) is 24.0. The predicted molar refractivity (Wildman–Crippen MR) is 149 cm³/mol. The summed E-state index contributed by atoms with van der Waals surface area (Å²) < 4.78 is 17.6. The number of esters is 1. The SMILES string of the molecule is CCOP(OCC)C(C)C(=O)Oc1c(Cc2cc(C)cc(C(C)(C)C)c2O)cc(C)cc1C(C)(C)C. The average molecular weight is 517 g/mol. The average Bonchev–Trinajstić information content (AvgIpc) is 2.75. The van der Waals surface area contributed by atoms with E-state index in [1.165, 1.54) is 0 Å². The second-order valence-electron chi connectivity index (χ2n) is 11.5. The zero-order chi connectivity index (χ0) is 27.4. The number of benzene rings is 2. The highest BCUT2D eigenvalue weighted by molar-refractivity contribution is 7.49. The molecule has 0 aliphatic carbocycles. The van der Waals surface area contributed by atoms with Gasteiger partial charge in [-0.25, -0.2) is 0 Å². The summed E-state index contributed by atoms with van der Waals surface area (Å²) in [6, 6.07) is 8.19. The summed E-state index contributed by atoms with van der Waals surface area (Å²) in [4.78, 5) is 13.4. The quantitative estimate of drug-likeness (QED) is 0.209. The van der Waals surface area contributed by atoms with Gasteiger partial charge < -0.3 is 18.9 Å². The van der Waals surface area contributed by atoms with E-state index in [4.69, 9.17) is 13.8 Å². The highest BCUT2D eigenvalue weighted by atomic mass is 31.2. The Balaban J connectivity index is 2.61. The van der Waals surface area contributed by atoms with Crippen LogP contribution in [0.25, 0.3) is 0 Å². The van der Waals surface area contributed by atoms with Gasteiger partial charge in [0, 0.05) is 12.0 Å². The van der Waals surface area contributed by atoms with E-state index in [0.717, 1.165) is 33.4 Å². The Morgan fingerprint density at radius 1 is 0.861 bits per heavy atom. The first-order valence-corrected chi connectivity index (χ1v) is 14.1. The zero-order valence-corrected chi connectivity index (χ0v) is 24.9. The summed E-state index contributed by atoms with van der Waals surface area (Å²) in [7, 11) is -1.40. The lowest BCUT2D eigenvalue weighted by Crippen LogP contribution is -2.26. The van der Waals surface area contributed by atoms with Crippen molar-refractivity contribution < 1.29 is 23.7 Å². The summed E-state index contributed by atoms with van der Waals surface area (Å²) in [5.41, 5.74) is 4.73. The lowest BCUT2D eigenvalue weighted by molar-refractivity contribution is -0.134. The topological polar surface area (TPSA) is 65.0 Å². The Morgan fingerprint density at radius 2 is 1.33 bits per heavy atom. The molecule has 200 valence electrons. The number of rotatable bonds is 9. The normalized spacial score (nSPS) is 13.2. The second kappa shape index (κ2) is 12.1. The molecule has 5 nitrogen and oxygen atoms in total. The number of aryl methyl sites for hydroxylation is 2. The molecule has 0 heterocycles. The fourth-order valence-corrected chi connectivity index (χ4v) is 5.47. The van der Waals surface area contributed by atoms with Crippen LogP contribution in [0.4, 0.5) is 0 Å². The van der Waals surface area contributed by atoms with E-state index in [-0.39, 0.29) is 16.8 Å². The first-order chi connectivity index (χ1) is 16.6. The monoisotopic (exact) mass is 516 g/mol. The van der Waals surface area contributed by atoms with Crippen LogP contribution in [0.2, 0.25) is 0 Å². The van der Waals surface area contributed by atoms with Crippen molar-refractivity contribution in [3.8, 4) is 11.5 Å². The number of ether oxygens (including phenoxy) is 1. The van der Waals surface area contributed by atoms with Gasteiger partial charge in [-0.15, -0.1) is 0 Å². The van der Waals surface area contributed by atoms with Gasteiger partial charge in [0.15, 0.2) is 8.38 Å². The lowest BCUT2D eigenvalue weighted by atomic mass is 9.81. The van der Waals surface area contributed by atoms with Crippen LogP contribution in [0.1, 0.15) is 95.7 Å². The number of phenolic OH excluding ortho intramolecular Hbond substituents is 1. The molecule has 1 N–H and O–H groups in total. The molecule has 2 aromatic rings. The molecule has 2 aromatic carbocycles. The van der Waals surface area contributed by atoms with Crippen molar-refractivity contribution in [1.29, 1.82) is 0 Å². The van der Waals surface area contributed by atoms with Crippen molar-refractivity contribution in [2.75, 3.05) is 13.2 Å². The minimum Gasteiger partial charge on any atom is -0.507 e. The van der Waals surface area contributed by atoms with Crippen molar-refractivity contribution in [1.82, 2.24) is 0 Å². The molecule has 0 aliphatic rings. The van der Waals surface area contributed by atoms with Crippen LogP contribution >= 0.6 is 8.38 Å². The summed E-state index contributed by atoms with van der Waals surface area (Å²) in [5.74, 6) is 0.488. The molecule has 0 amide bonds. The van der Waals surface area contributed by atoms with E-state index in [2.05, 4.69) is 53.7 Å². The molecule has 6 heteroatoms. The van der Waals surface area contributed by atoms with Gasteiger partial charge in [-0.1, -0.05) is 76.9 Å². The van der Waals surface area contributed by atoms with Gasteiger partial charge in [0.05, 0.1) is 13.2 Å². The van der Waals surface area contributed by atoms with E-state index in [0.29, 0.717) is 31.1 Å². The summed E-state index contributed by atoms with van der Waals surface area (Å²) in [6.45, 7) is 23.2. The number of carbonyl (C=O) groups excluding carboxylic acids is 1. The fraction of sp³-hybridized carbons (Fsp3) is 0.567. The third kappa shape index (κ3) is 7.54. The van der Waals surface area contributed by atoms with E-state index in [9.17, 15) is 9.90 Å². The van der Waals surface area contributed by atoms with Gasteiger partial charge in [0.25, 0.3) is 0 Å². The third-order valence-corrected chi connectivity index (χ3v) is 7.88. The van der Waals surface area contributed by atoms with Crippen LogP contribution in [0, 0.1) is 13.8 Å². The van der Waals surface area contributed by atoms with Gasteiger partial charge in [0.1, 0.15) is 17.2 Å². The van der Waals surface area contributed by atoms with Crippen LogP contribution in [0.15, 0.2) is 24.3 Å². The van der Waals surface area contributed by atoms with Gasteiger partial charge in [0.2, 0.25) is 0 Å². The minimum absolute atomic E-state index is 0.200. The van der Waals surface area contributed by atoms with Gasteiger partial charge in [-0.3, -0.25) is 4.79 Å². The second-order valence-corrected chi connectivity index (χ2v) is 13.4. The maximum Gasteiger partial charge on any atom is 0.323 e. The smallest absolute Gasteiger partial charge is 0.323 e. The number of hydrogen-bond acceptors (Lipinski definition) is 5. The Bertz CT molecular complexity index is 1060. The Morgan fingerprint density at radius 3 is 1.81 bits per heavy atom. The molecule has 0 bridgehead atoms. The van der Waals surface area contributed by atoms with Gasteiger partial charge >= 0.3 is 5.97 Å². The van der Waals surface area contributed by atoms with E-state index in [1.807, 2.05) is 39.8 Å². The van der Waals surface area contributed by atoms with Gasteiger partial charge in [-0.2, -0.15) is 0 Å². The molecule has 1 atom stereocenters. The summed E-state index contributed by atoms with van der Waals surface area (Å²) >= 11 is 0. The van der Waals surface area contributed by atoms with Crippen molar-refractivity contribution >= 4 is 14.3 Å². The molecule has 0 saturated heterocycles. The Labute approximate surface area is 219 Å². The molecule has 0 radical (unpaired) electrons. The van der Waals surface area contributed by atoms with Crippen molar-refractivity contribution in [3.63, 3.8) is 0 Å².